The summed E-state index contributed by atoms with van der Waals surface area (Å²) < 4.78 is 0. The first kappa shape index (κ1) is 14.3. The molecular weight excluding hydrogens is 280 g/mol. The number of hydrogen-bond donors (Lipinski definition) is 0. The molecule has 23 heavy (non-hydrogen) atoms. The Morgan fingerprint density at radius 2 is 1.57 bits per heavy atom. The summed E-state index contributed by atoms with van der Waals surface area (Å²) in [5, 5.41) is 1.22. The summed E-state index contributed by atoms with van der Waals surface area (Å²) in [6.45, 7) is 2.40. The van der Waals surface area contributed by atoms with Crippen LogP contribution in [0.25, 0.3) is 10.9 Å². The normalized spacial score (nSPS) is 14.5. The zero-order valence-electron chi connectivity index (χ0n) is 13.4. The lowest BCUT2D eigenvalue weighted by molar-refractivity contribution is 0.894. The summed E-state index contributed by atoms with van der Waals surface area (Å²) in [4.78, 5) is 7.33. The van der Waals surface area contributed by atoms with Crippen molar-refractivity contribution in [1.29, 1.82) is 0 Å². The van der Waals surface area contributed by atoms with Crippen LogP contribution in [0.2, 0.25) is 0 Å². The quantitative estimate of drug-likeness (QED) is 0.699. The Kier molecular flexibility index (Phi) is 3.97. The molecule has 0 bridgehead atoms. The highest BCUT2D eigenvalue weighted by molar-refractivity contribution is 5.78. The molecule has 0 N–H and O–H groups in total. The van der Waals surface area contributed by atoms with Crippen LogP contribution in [0.5, 0.6) is 0 Å². The number of pyridine rings is 1. The lowest BCUT2D eigenvalue weighted by Crippen LogP contribution is -2.19. The predicted molar refractivity (Wildman–Crippen MR) is 97.0 cm³/mol. The number of hydrogen-bond acceptors (Lipinski definition) is 2. The first-order valence-electron chi connectivity index (χ1n) is 8.58. The highest BCUT2D eigenvalue weighted by Gasteiger charge is 2.15. The van der Waals surface area contributed by atoms with E-state index in [2.05, 4.69) is 65.6 Å². The number of para-hydroxylation sites is 2. The van der Waals surface area contributed by atoms with Crippen LogP contribution in [0.3, 0.4) is 0 Å². The van der Waals surface area contributed by atoms with Gasteiger partial charge >= 0.3 is 0 Å². The van der Waals surface area contributed by atoms with Crippen LogP contribution in [-0.2, 0) is 12.8 Å². The first-order chi connectivity index (χ1) is 11.4. The number of aromatic nitrogens is 1. The average molecular weight is 302 g/mol. The van der Waals surface area contributed by atoms with Gasteiger partial charge in [-0.2, -0.15) is 0 Å². The Morgan fingerprint density at radius 3 is 2.48 bits per heavy atom. The summed E-state index contributed by atoms with van der Waals surface area (Å²) in [7, 11) is 0. The standard InChI is InChI=1S/C21H22N2/c1-3-9-20-17(7-1)11-13-19(22-20)14-12-18-8-2-4-10-21(18)23-15-5-6-16-23/h1-4,7-11,13H,5-6,12,14-16H2. The van der Waals surface area contributed by atoms with E-state index in [9.17, 15) is 0 Å². The summed E-state index contributed by atoms with van der Waals surface area (Å²) in [5.41, 5.74) is 5.15. The Bertz CT molecular complexity index is 804. The minimum Gasteiger partial charge on any atom is -0.371 e. The molecule has 2 heteroatoms. The van der Waals surface area contributed by atoms with E-state index >= 15 is 0 Å². The lowest BCUT2D eigenvalue weighted by atomic mass is 10.0. The van der Waals surface area contributed by atoms with Crippen molar-refractivity contribution in [2.75, 3.05) is 18.0 Å². The average Bonchev–Trinajstić information content (AvgIpc) is 3.14. The van der Waals surface area contributed by atoms with Crippen LogP contribution in [-0.4, -0.2) is 18.1 Å². The fourth-order valence-electron chi connectivity index (χ4n) is 3.50. The van der Waals surface area contributed by atoms with Gasteiger partial charge in [-0.15, -0.1) is 0 Å². The van der Waals surface area contributed by atoms with Gasteiger partial charge in [-0.25, -0.2) is 0 Å². The molecule has 0 saturated carbocycles. The minimum absolute atomic E-state index is 0.996. The largest absolute Gasteiger partial charge is 0.371 e. The van der Waals surface area contributed by atoms with Gasteiger partial charge in [0.1, 0.15) is 0 Å². The fraction of sp³-hybridized carbons (Fsp3) is 0.286. The molecule has 2 nitrogen and oxygen atoms in total. The second-order valence-corrected chi connectivity index (χ2v) is 6.32. The van der Waals surface area contributed by atoms with Gasteiger partial charge in [0.05, 0.1) is 5.52 Å². The molecule has 1 aliphatic heterocycles. The van der Waals surface area contributed by atoms with Crippen LogP contribution >= 0.6 is 0 Å². The first-order valence-corrected chi connectivity index (χ1v) is 8.58. The molecule has 1 aliphatic rings. The van der Waals surface area contributed by atoms with Crippen molar-refractivity contribution in [3.63, 3.8) is 0 Å². The van der Waals surface area contributed by atoms with E-state index in [-0.39, 0.29) is 0 Å². The molecule has 0 atom stereocenters. The Morgan fingerprint density at radius 1 is 0.783 bits per heavy atom. The van der Waals surface area contributed by atoms with Crippen molar-refractivity contribution in [2.24, 2.45) is 0 Å². The SMILES string of the molecule is c1ccc(N2CCCC2)c(CCc2ccc3ccccc3n2)c1. The molecule has 0 radical (unpaired) electrons. The second-order valence-electron chi connectivity index (χ2n) is 6.32. The van der Waals surface area contributed by atoms with Gasteiger partial charge in [0, 0.05) is 29.9 Å². The topological polar surface area (TPSA) is 16.1 Å². The molecule has 4 rings (SSSR count). The third-order valence-corrected chi connectivity index (χ3v) is 4.74. The van der Waals surface area contributed by atoms with Crippen molar-refractivity contribution in [3.05, 3.63) is 71.9 Å². The second kappa shape index (κ2) is 6.41. The van der Waals surface area contributed by atoms with Crippen LogP contribution < -0.4 is 4.90 Å². The Balaban J connectivity index is 1.54. The van der Waals surface area contributed by atoms with Gasteiger partial charge in [0.25, 0.3) is 0 Å². The van der Waals surface area contributed by atoms with E-state index in [0.717, 1.165) is 18.4 Å². The molecule has 1 fully saturated rings. The monoisotopic (exact) mass is 302 g/mol. The lowest BCUT2D eigenvalue weighted by Gasteiger charge is -2.21. The summed E-state index contributed by atoms with van der Waals surface area (Å²) in [5.74, 6) is 0. The van der Waals surface area contributed by atoms with Gasteiger partial charge in [-0.3, -0.25) is 4.98 Å². The summed E-state index contributed by atoms with van der Waals surface area (Å²) in [6.07, 6.45) is 4.69. The van der Waals surface area contributed by atoms with Crippen molar-refractivity contribution in [3.8, 4) is 0 Å². The maximum absolute atomic E-state index is 4.80. The van der Waals surface area contributed by atoms with E-state index in [1.165, 1.54) is 48.3 Å². The highest BCUT2D eigenvalue weighted by Crippen LogP contribution is 2.25. The molecule has 0 unspecified atom stereocenters. The van der Waals surface area contributed by atoms with Crippen molar-refractivity contribution in [2.45, 2.75) is 25.7 Å². The third-order valence-electron chi connectivity index (χ3n) is 4.74. The van der Waals surface area contributed by atoms with E-state index in [1.54, 1.807) is 0 Å². The van der Waals surface area contributed by atoms with Crippen LogP contribution in [0.15, 0.2) is 60.7 Å². The van der Waals surface area contributed by atoms with Crippen molar-refractivity contribution >= 4 is 16.6 Å². The van der Waals surface area contributed by atoms with Crippen LogP contribution in [0.4, 0.5) is 5.69 Å². The zero-order valence-corrected chi connectivity index (χ0v) is 13.4. The highest BCUT2D eigenvalue weighted by atomic mass is 15.1. The maximum atomic E-state index is 4.80. The number of aryl methyl sites for hydroxylation is 2. The van der Waals surface area contributed by atoms with E-state index in [0.29, 0.717) is 0 Å². The van der Waals surface area contributed by atoms with Gasteiger partial charge in [0.15, 0.2) is 0 Å². The van der Waals surface area contributed by atoms with Gasteiger partial charge in [-0.05, 0) is 49.4 Å². The molecule has 0 aliphatic carbocycles. The minimum atomic E-state index is 0.996. The number of benzene rings is 2. The zero-order chi connectivity index (χ0) is 15.5. The van der Waals surface area contributed by atoms with E-state index in [4.69, 9.17) is 4.98 Å². The molecule has 116 valence electrons. The molecular formula is C21H22N2. The maximum Gasteiger partial charge on any atom is 0.0705 e. The number of rotatable bonds is 4. The van der Waals surface area contributed by atoms with E-state index < -0.39 is 0 Å². The molecule has 1 aromatic heterocycles. The molecule has 2 aromatic carbocycles. The van der Waals surface area contributed by atoms with Gasteiger partial charge < -0.3 is 4.90 Å². The van der Waals surface area contributed by atoms with Gasteiger partial charge in [-0.1, -0.05) is 42.5 Å². The Labute approximate surface area is 137 Å². The molecule has 1 saturated heterocycles. The summed E-state index contributed by atoms with van der Waals surface area (Å²) in [6, 6.07) is 21.5. The Hall–Kier alpha value is -2.35. The van der Waals surface area contributed by atoms with Crippen LogP contribution in [0.1, 0.15) is 24.1 Å². The van der Waals surface area contributed by atoms with Crippen LogP contribution in [0, 0.1) is 0 Å². The number of nitrogens with zero attached hydrogens (tertiary/aromatic N) is 2. The molecule has 0 spiro atoms. The van der Waals surface area contributed by atoms with Gasteiger partial charge in [0.2, 0.25) is 0 Å². The molecule has 3 aromatic rings. The smallest absolute Gasteiger partial charge is 0.0705 e. The summed E-state index contributed by atoms with van der Waals surface area (Å²) >= 11 is 0. The molecule has 2 heterocycles. The van der Waals surface area contributed by atoms with E-state index in [1.807, 2.05) is 0 Å². The number of fused-ring (bicyclic) bond motifs is 1. The predicted octanol–water partition coefficient (Wildman–Crippen LogP) is 4.62. The van der Waals surface area contributed by atoms with Crippen molar-refractivity contribution in [1.82, 2.24) is 4.98 Å². The number of anilines is 1. The molecule has 0 amide bonds. The van der Waals surface area contributed by atoms with Crippen molar-refractivity contribution < 1.29 is 0 Å². The fourth-order valence-corrected chi connectivity index (χ4v) is 3.50. The third kappa shape index (κ3) is 3.07.